The van der Waals surface area contributed by atoms with Crippen molar-refractivity contribution in [3.05, 3.63) is 83.9 Å². The van der Waals surface area contributed by atoms with Crippen LogP contribution >= 0.6 is 0 Å². The van der Waals surface area contributed by atoms with Gasteiger partial charge < -0.3 is 0 Å². The minimum absolute atomic E-state index is 0.311. The molecule has 0 saturated heterocycles. The first-order valence-electron chi connectivity index (χ1n) is 5.87. The highest BCUT2D eigenvalue weighted by molar-refractivity contribution is 5.82. The van der Waals surface area contributed by atoms with E-state index in [4.69, 9.17) is 0 Å². The predicted molar refractivity (Wildman–Crippen MR) is 73.7 cm³/mol. The van der Waals surface area contributed by atoms with E-state index in [9.17, 15) is 0 Å². The first kappa shape index (κ1) is 10.1. The van der Waals surface area contributed by atoms with Gasteiger partial charge in [-0.15, -0.1) is 0 Å². The van der Waals surface area contributed by atoms with Gasteiger partial charge in [-0.2, -0.15) is 0 Å². The maximum Gasteiger partial charge on any atom is 0.0273 e. The fourth-order valence-corrected chi connectivity index (χ4v) is 2.39. The highest BCUT2D eigenvalue weighted by Gasteiger charge is 2.18. The molecule has 0 N–H and O–H groups in total. The summed E-state index contributed by atoms with van der Waals surface area (Å²) >= 11 is 0. The Morgan fingerprint density at radius 2 is 1.53 bits per heavy atom. The Morgan fingerprint density at radius 3 is 2.35 bits per heavy atom. The van der Waals surface area contributed by atoms with Crippen LogP contribution in [0.5, 0.6) is 0 Å². The molecule has 0 amide bonds. The van der Waals surface area contributed by atoms with Gasteiger partial charge in [0.25, 0.3) is 0 Å². The highest BCUT2D eigenvalue weighted by Crippen LogP contribution is 2.37. The Kier molecular flexibility index (Phi) is 2.41. The van der Waals surface area contributed by atoms with Crippen LogP contribution < -0.4 is 0 Å². The number of allylic oxidation sites excluding steroid dienone is 2. The zero-order chi connectivity index (χ0) is 11.7. The molecule has 0 bridgehead atoms. The molecule has 0 aromatic heterocycles. The van der Waals surface area contributed by atoms with Gasteiger partial charge in [-0.05, 0) is 22.3 Å². The molecule has 17 heavy (non-hydrogen) atoms. The second kappa shape index (κ2) is 4.06. The SMILES string of the molecule is C=C1c2ccccc2C=CC1c1ccccc1. The molecule has 0 saturated carbocycles. The van der Waals surface area contributed by atoms with Crippen molar-refractivity contribution in [2.75, 3.05) is 0 Å². The maximum atomic E-state index is 4.26. The van der Waals surface area contributed by atoms with E-state index in [1.165, 1.54) is 22.3 Å². The third-order valence-electron chi connectivity index (χ3n) is 3.31. The first-order chi connectivity index (χ1) is 8.36. The van der Waals surface area contributed by atoms with Crippen LogP contribution in [-0.4, -0.2) is 0 Å². The van der Waals surface area contributed by atoms with Crippen LogP contribution in [0.15, 0.2) is 67.3 Å². The fourth-order valence-electron chi connectivity index (χ4n) is 2.39. The van der Waals surface area contributed by atoms with Crippen molar-refractivity contribution in [1.29, 1.82) is 0 Å². The Hall–Kier alpha value is -2.08. The summed E-state index contributed by atoms with van der Waals surface area (Å²) < 4.78 is 0. The van der Waals surface area contributed by atoms with Crippen LogP contribution in [-0.2, 0) is 0 Å². The van der Waals surface area contributed by atoms with Crippen LogP contribution in [0, 0.1) is 0 Å². The Morgan fingerprint density at radius 1 is 0.824 bits per heavy atom. The van der Waals surface area contributed by atoms with Crippen molar-refractivity contribution < 1.29 is 0 Å². The van der Waals surface area contributed by atoms with E-state index >= 15 is 0 Å². The zero-order valence-electron chi connectivity index (χ0n) is 9.64. The summed E-state index contributed by atoms with van der Waals surface area (Å²) in [4.78, 5) is 0. The summed E-state index contributed by atoms with van der Waals surface area (Å²) in [5.41, 5.74) is 5.03. The summed E-state index contributed by atoms with van der Waals surface area (Å²) in [6.07, 6.45) is 4.43. The Balaban J connectivity index is 2.06. The lowest BCUT2D eigenvalue weighted by atomic mass is 9.81. The molecule has 1 atom stereocenters. The lowest BCUT2D eigenvalue weighted by Gasteiger charge is -2.22. The molecule has 82 valence electrons. The van der Waals surface area contributed by atoms with E-state index in [0.29, 0.717) is 5.92 Å². The van der Waals surface area contributed by atoms with Crippen molar-refractivity contribution in [2.45, 2.75) is 5.92 Å². The number of benzene rings is 2. The van der Waals surface area contributed by atoms with Gasteiger partial charge in [-0.1, -0.05) is 73.3 Å². The van der Waals surface area contributed by atoms with E-state index in [1.807, 2.05) is 6.07 Å². The van der Waals surface area contributed by atoms with Crippen LogP contribution in [0.4, 0.5) is 0 Å². The largest absolute Gasteiger partial charge is 0.0943 e. The molecule has 0 radical (unpaired) electrons. The fraction of sp³-hybridized carbons (Fsp3) is 0.0588. The molecule has 0 spiro atoms. The zero-order valence-corrected chi connectivity index (χ0v) is 9.64. The van der Waals surface area contributed by atoms with E-state index < -0.39 is 0 Å². The molecular formula is C17H14. The van der Waals surface area contributed by atoms with Gasteiger partial charge in [0, 0.05) is 5.92 Å². The summed E-state index contributed by atoms with van der Waals surface area (Å²) in [6, 6.07) is 19.0. The average molecular weight is 218 g/mol. The van der Waals surface area contributed by atoms with Crippen molar-refractivity contribution in [1.82, 2.24) is 0 Å². The third-order valence-corrected chi connectivity index (χ3v) is 3.31. The van der Waals surface area contributed by atoms with Gasteiger partial charge >= 0.3 is 0 Å². The maximum absolute atomic E-state index is 4.26. The standard InChI is InChI=1S/C17H14/c1-13-16-10-6-5-9-15(16)11-12-17(13)14-7-3-2-4-8-14/h2-12,17H,1H2. The minimum Gasteiger partial charge on any atom is -0.0943 e. The minimum atomic E-state index is 0.311. The van der Waals surface area contributed by atoms with Crippen LogP contribution in [0.1, 0.15) is 22.6 Å². The second-order valence-corrected chi connectivity index (χ2v) is 4.36. The number of rotatable bonds is 1. The molecular weight excluding hydrogens is 204 g/mol. The molecule has 3 rings (SSSR count). The first-order valence-corrected chi connectivity index (χ1v) is 5.87. The molecule has 1 unspecified atom stereocenters. The molecule has 2 aromatic rings. The number of fused-ring (bicyclic) bond motifs is 1. The molecule has 0 aliphatic heterocycles. The normalized spacial score (nSPS) is 17.9. The van der Waals surface area contributed by atoms with Gasteiger partial charge in [0.05, 0.1) is 0 Å². The smallest absolute Gasteiger partial charge is 0.0273 e. The van der Waals surface area contributed by atoms with Gasteiger partial charge in [-0.25, -0.2) is 0 Å². The molecule has 0 fully saturated rings. The van der Waals surface area contributed by atoms with Crippen LogP contribution in [0.3, 0.4) is 0 Å². The quantitative estimate of drug-likeness (QED) is 0.660. The Labute approximate surface area is 102 Å². The van der Waals surface area contributed by atoms with Gasteiger partial charge in [0.1, 0.15) is 0 Å². The lowest BCUT2D eigenvalue weighted by Crippen LogP contribution is -2.03. The Bertz CT molecular complexity index is 576. The van der Waals surface area contributed by atoms with Crippen LogP contribution in [0.2, 0.25) is 0 Å². The molecule has 0 heteroatoms. The van der Waals surface area contributed by atoms with E-state index in [1.54, 1.807) is 0 Å². The van der Waals surface area contributed by atoms with E-state index in [-0.39, 0.29) is 0 Å². The third kappa shape index (κ3) is 1.72. The second-order valence-electron chi connectivity index (χ2n) is 4.36. The van der Waals surface area contributed by atoms with Crippen molar-refractivity contribution in [3.8, 4) is 0 Å². The van der Waals surface area contributed by atoms with Gasteiger partial charge in [-0.3, -0.25) is 0 Å². The number of hydrogen-bond acceptors (Lipinski definition) is 0. The molecule has 1 aliphatic rings. The number of hydrogen-bond donors (Lipinski definition) is 0. The summed E-state index contributed by atoms with van der Waals surface area (Å²) in [7, 11) is 0. The average Bonchev–Trinajstić information content (AvgIpc) is 2.40. The van der Waals surface area contributed by atoms with Gasteiger partial charge in [0.15, 0.2) is 0 Å². The summed E-state index contributed by atoms with van der Waals surface area (Å²) in [6.45, 7) is 4.26. The topological polar surface area (TPSA) is 0 Å². The van der Waals surface area contributed by atoms with Crippen molar-refractivity contribution in [2.24, 2.45) is 0 Å². The van der Waals surface area contributed by atoms with Crippen molar-refractivity contribution in [3.63, 3.8) is 0 Å². The highest BCUT2D eigenvalue weighted by atomic mass is 14.2. The molecule has 2 aromatic carbocycles. The van der Waals surface area contributed by atoms with E-state index in [2.05, 4.69) is 67.3 Å². The molecule has 0 heterocycles. The summed E-state index contributed by atoms with van der Waals surface area (Å²) in [5.74, 6) is 0.311. The van der Waals surface area contributed by atoms with Gasteiger partial charge in [0.2, 0.25) is 0 Å². The summed E-state index contributed by atoms with van der Waals surface area (Å²) in [5, 5.41) is 0. The van der Waals surface area contributed by atoms with Crippen LogP contribution in [0.25, 0.3) is 11.6 Å². The van der Waals surface area contributed by atoms with E-state index in [0.717, 1.165) is 0 Å². The predicted octanol–water partition coefficient (Wildman–Crippen LogP) is 4.51. The lowest BCUT2D eigenvalue weighted by molar-refractivity contribution is 1.10. The molecule has 0 nitrogen and oxygen atoms in total. The monoisotopic (exact) mass is 218 g/mol. The molecule has 1 aliphatic carbocycles. The van der Waals surface area contributed by atoms with Crippen molar-refractivity contribution >= 4 is 11.6 Å².